The molecule has 2 amide bonds. The van der Waals surface area contributed by atoms with Crippen molar-refractivity contribution in [1.29, 1.82) is 0 Å². The second-order valence-corrected chi connectivity index (χ2v) is 5.29. The number of rotatable bonds is 6. The summed E-state index contributed by atoms with van der Waals surface area (Å²) in [5, 5.41) is 10.5. The first-order valence-electron chi connectivity index (χ1n) is 7.62. The molecule has 0 fully saturated rings. The van der Waals surface area contributed by atoms with Gasteiger partial charge in [0.15, 0.2) is 0 Å². The van der Waals surface area contributed by atoms with Gasteiger partial charge in [-0.15, -0.1) is 0 Å². The normalized spacial score (nSPS) is 12.8. The number of hydrazone groups is 2. The molecule has 1 atom stereocenters. The second-order valence-electron chi connectivity index (χ2n) is 5.29. The number of nitrogens with zero attached hydrogens (tertiary/aromatic N) is 2. The lowest BCUT2D eigenvalue weighted by Crippen LogP contribution is -2.36. The van der Waals surface area contributed by atoms with Crippen molar-refractivity contribution in [2.75, 3.05) is 0 Å². The molecule has 24 heavy (non-hydrogen) atoms. The molecule has 0 saturated carbocycles. The van der Waals surface area contributed by atoms with Crippen molar-refractivity contribution >= 4 is 18.0 Å². The highest BCUT2D eigenvalue weighted by Crippen LogP contribution is 2.17. The van der Waals surface area contributed by atoms with Gasteiger partial charge in [-0.25, -0.2) is 10.2 Å². The highest BCUT2D eigenvalue weighted by Gasteiger charge is 2.15. The minimum absolute atomic E-state index is 0.231. The van der Waals surface area contributed by atoms with E-state index in [9.17, 15) is 4.79 Å². The molecule has 0 radical (unpaired) electrons. The Kier molecular flexibility index (Phi) is 6.52. The molecule has 0 aliphatic rings. The number of hydrogen-bond donors (Lipinski definition) is 3. The zero-order valence-electron chi connectivity index (χ0n) is 13.5. The molecule has 6 nitrogen and oxygen atoms in total. The van der Waals surface area contributed by atoms with Crippen LogP contribution in [0.25, 0.3) is 0 Å². The van der Waals surface area contributed by atoms with Crippen LogP contribution < -0.4 is 16.6 Å². The molecule has 6 heteroatoms. The number of nitrogens with two attached hydrogens (primary N) is 1. The highest BCUT2D eigenvalue weighted by molar-refractivity contribution is 5.84. The van der Waals surface area contributed by atoms with E-state index >= 15 is 0 Å². The number of nitrogens with one attached hydrogen (secondary N) is 2. The van der Waals surface area contributed by atoms with E-state index in [1.807, 2.05) is 67.6 Å². The van der Waals surface area contributed by atoms with Crippen LogP contribution in [0.1, 0.15) is 30.5 Å². The largest absolute Gasteiger partial charge is 0.335 e. The quantitative estimate of drug-likeness (QED) is 0.433. The van der Waals surface area contributed by atoms with E-state index in [0.29, 0.717) is 6.42 Å². The Bertz CT molecular complexity index is 698. The summed E-state index contributed by atoms with van der Waals surface area (Å²) in [7, 11) is 0. The first-order chi connectivity index (χ1) is 11.7. The Morgan fingerprint density at radius 1 is 1.12 bits per heavy atom. The van der Waals surface area contributed by atoms with Crippen molar-refractivity contribution in [2.45, 2.75) is 19.4 Å². The van der Waals surface area contributed by atoms with Gasteiger partial charge in [-0.05, 0) is 18.1 Å². The lowest BCUT2D eigenvalue weighted by molar-refractivity contribution is 0.238. The van der Waals surface area contributed by atoms with E-state index in [2.05, 4.69) is 20.9 Å². The predicted molar refractivity (Wildman–Crippen MR) is 96.8 cm³/mol. The van der Waals surface area contributed by atoms with E-state index in [1.165, 1.54) is 0 Å². The van der Waals surface area contributed by atoms with Gasteiger partial charge in [0.25, 0.3) is 0 Å². The van der Waals surface area contributed by atoms with E-state index < -0.39 is 0 Å². The maximum atomic E-state index is 12.1. The minimum Gasteiger partial charge on any atom is -0.329 e. The third-order valence-corrected chi connectivity index (χ3v) is 3.41. The van der Waals surface area contributed by atoms with Gasteiger partial charge in [0.2, 0.25) is 0 Å². The number of amides is 2. The van der Waals surface area contributed by atoms with Gasteiger partial charge >= 0.3 is 6.03 Å². The lowest BCUT2D eigenvalue weighted by atomic mass is 10.0. The summed E-state index contributed by atoms with van der Waals surface area (Å²) in [4.78, 5) is 12.1. The van der Waals surface area contributed by atoms with E-state index in [0.717, 1.165) is 16.8 Å². The SMILES string of the molecule is C/C(CC(NC(=O)N/N=C/c1ccccc1)c1ccccc1)=N\N. The predicted octanol–water partition coefficient (Wildman–Crippen LogP) is 2.79. The minimum atomic E-state index is -0.388. The van der Waals surface area contributed by atoms with E-state index in [1.54, 1.807) is 6.21 Å². The van der Waals surface area contributed by atoms with Crippen molar-refractivity contribution in [3.8, 4) is 0 Å². The number of urea groups is 1. The molecule has 0 aromatic heterocycles. The fourth-order valence-electron chi connectivity index (χ4n) is 2.18. The molecule has 4 N–H and O–H groups in total. The molecule has 0 spiro atoms. The molecule has 0 heterocycles. The molecule has 124 valence electrons. The van der Waals surface area contributed by atoms with Gasteiger partial charge in [-0.3, -0.25) is 0 Å². The molecule has 2 aromatic carbocycles. The van der Waals surface area contributed by atoms with Crippen LogP contribution in [0.2, 0.25) is 0 Å². The molecule has 2 rings (SSSR count). The Morgan fingerprint density at radius 2 is 1.75 bits per heavy atom. The summed E-state index contributed by atoms with van der Waals surface area (Å²) in [5.41, 5.74) is 5.10. The lowest BCUT2D eigenvalue weighted by Gasteiger charge is -2.18. The van der Waals surface area contributed by atoms with Crippen LogP contribution in [-0.4, -0.2) is 18.0 Å². The second kappa shape index (κ2) is 9.09. The summed E-state index contributed by atoms with van der Waals surface area (Å²) in [6.45, 7) is 1.82. The molecule has 0 bridgehead atoms. The molecule has 0 aliphatic heterocycles. The maximum Gasteiger partial charge on any atom is 0.335 e. The van der Waals surface area contributed by atoms with Crippen LogP contribution in [0.15, 0.2) is 70.9 Å². The van der Waals surface area contributed by atoms with Crippen LogP contribution in [0, 0.1) is 0 Å². The van der Waals surface area contributed by atoms with Crippen LogP contribution in [0.4, 0.5) is 4.79 Å². The summed E-state index contributed by atoms with van der Waals surface area (Å²) >= 11 is 0. The molecular weight excluding hydrogens is 302 g/mol. The van der Waals surface area contributed by atoms with Crippen LogP contribution in [0.5, 0.6) is 0 Å². The monoisotopic (exact) mass is 323 g/mol. The standard InChI is InChI=1S/C18H21N5O/c1-14(22-19)12-17(16-10-6-3-7-11-16)21-18(24)23-20-13-15-8-4-2-5-9-15/h2-11,13,17H,12,19H2,1H3,(H2,21,23,24)/b20-13+,22-14+. The summed E-state index contributed by atoms with van der Waals surface area (Å²) < 4.78 is 0. The van der Waals surface area contributed by atoms with E-state index in [-0.39, 0.29) is 12.1 Å². The molecular formula is C18H21N5O. The third kappa shape index (κ3) is 5.57. The number of carbonyl (C=O) groups excluding carboxylic acids is 1. The Hall–Kier alpha value is -3.15. The molecule has 1 unspecified atom stereocenters. The molecule has 0 saturated heterocycles. The number of hydrogen-bond acceptors (Lipinski definition) is 4. The zero-order chi connectivity index (χ0) is 17.2. The number of benzene rings is 2. The zero-order valence-corrected chi connectivity index (χ0v) is 13.5. The van der Waals surface area contributed by atoms with Gasteiger partial charge in [-0.2, -0.15) is 10.2 Å². The smallest absolute Gasteiger partial charge is 0.329 e. The van der Waals surface area contributed by atoms with Crippen LogP contribution in [0.3, 0.4) is 0 Å². The van der Waals surface area contributed by atoms with Gasteiger partial charge in [0.05, 0.1) is 12.3 Å². The van der Waals surface area contributed by atoms with Crippen molar-refractivity contribution < 1.29 is 4.79 Å². The van der Waals surface area contributed by atoms with Gasteiger partial charge < -0.3 is 11.2 Å². The Labute approximate surface area is 141 Å². The Morgan fingerprint density at radius 3 is 2.38 bits per heavy atom. The molecule has 0 aliphatic carbocycles. The average molecular weight is 323 g/mol. The Balaban J connectivity index is 1.98. The van der Waals surface area contributed by atoms with Crippen LogP contribution in [-0.2, 0) is 0 Å². The topological polar surface area (TPSA) is 91.9 Å². The first kappa shape index (κ1) is 17.2. The van der Waals surface area contributed by atoms with Gasteiger partial charge in [-0.1, -0.05) is 60.7 Å². The van der Waals surface area contributed by atoms with Crippen molar-refractivity contribution in [2.24, 2.45) is 16.0 Å². The first-order valence-corrected chi connectivity index (χ1v) is 7.62. The maximum absolute atomic E-state index is 12.1. The summed E-state index contributed by atoms with van der Waals surface area (Å²) in [5.74, 6) is 5.31. The highest BCUT2D eigenvalue weighted by atomic mass is 16.2. The van der Waals surface area contributed by atoms with E-state index in [4.69, 9.17) is 5.84 Å². The van der Waals surface area contributed by atoms with Crippen molar-refractivity contribution in [3.63, 3.8) is 0 Å². The van der Waals surface area contributed by atoms with Crippen molar-refractivity contribution in [1.82, 2.24) is 10.7 Å². The van der Waals surface area contributed by atoms with Crippen LogP contribution >= 0.6 is 0 Å². The number of carbonyl (C=O) groups is 1. The average Bonchev–Trinajstić information content (AvgIpc) is 2.62. The fraction of sp³-hybridized carbons (Fsp3) is 0.167. The fourth-order valence-corrected chi connectivity index (χ4v) is 2.18. The van der Waals surface area contributed by atoms with Crippen molar-refractivity contribution in [3.05, 3.63) is 71.8 Å². The third-order valence-electron chi connectivity index (χ3n) is 3.41. The molecule has 2 aromatic rings. The summed E-state index contributed by atoms with van der Waals surface area (Å²) in [6.07, 6.45) is 2.11. The van der Waals surface area contributed by atoms with Gasteiger partial charge in [0.1, 0.15) is 0 Å². The summed E-state index contributed by atoms with van der Waals surface area (Å²) in [6, 6.07) is 18.6. The van der Waals surface area contributed by atoms with Gasteiger partial charge in [0, 0.05) is 12.1 Å².